The topological polar surface area (TPSA) is 119 Å². The molecule has 9 heteroatoms. The molecule has 1 aromatic rings. The van der Waals surface area contributed by atoms with E-state index >= 15 is 0 Å². The van der Waals surface area contributed by atoms with Gasteiger partial charge in [-0.15, -0.1) is 0 Å². The predicted molar refractivity (Wildman–Crippen MR) is 64.9 cm³/mol. The highest BCUT2D eigenvalue weighted by Gasteiger charge is 2.18. The number of carboxylic acid groups (broad SMARTS) is 1. The van der Waals surface area contributed by atoms with E-state index in [9.17, 15) is 13.2 Å². The van der Waals surface area contributed by atoms with Crippen LogP contribution >= 0.6 is 0 Å². The molecule has 0 spiro atoms. The molecule has 1 rings (SSSR count). The third-order valence-electron chi connectivity index (χ3n) is 2.28. The molecule has 2 N–H and O–H groups in total. The van der Waals surface area contributed by atoms with E-state index in [-0.39, 0.29) is 24.4 Å². The minimum absolute atomic E-state index is 0.109. The molecule has 0 radical (unpaired) electrons. The molecule has 8 nitrogen and oxygen atoms in total. The molecular weight excluding hydrogens is 276 g/mol. The van der Waals surface area contributed by atoms with E-state index in [1.165, 1.54) is 13.2 Å². The van der Waals surface area contributed by atoms with E-state index < -0.39 is 22.1 Å². The first-order chi connectivity index (χ1) is 8.82. The van der Waals surface area contributed by atoms with E-state index in [2.05, 4.69) is 9.88 Å². The van der Waals surface area contributed by atoms with Gasteiger partial charge in [0.15, 0.2) is 0 Å². The van der Waals surface area contributed by atoms with Crippen molar-refractivity contribution in [2.75, 3.05) is 13.7 Å². The normalized spacial score (nSPS) is 13.4. The summed E-state index contributed by atoms with van der Waals surface area (Å²) in [5, 5.41) is 12.2. The van der Waals surface area contributed by atoms with E-state index in [4.69, 9.17) is 14.4 Å². The maximum atomic E-state index is 11.7. The number of methoxy groups -OCH3 is 1. The van der Waals surface area contributed by atoms with Crippen LogP contribution in [0, 0.1) is 6.92 Å². The minimum atomic E-state index is -3.61. The Labute approximate surface area is 110 Å². The number of nitrogens with zero attached hydrogens (tertiary/aromatic N) is 1. The standard InChI is InChI=1S/C10H16N2O6S/c1-7-3-8(12-18-7)6-19(15,16)11-5-9(17-2)4-10(13)14/h3,9,11H,4-6H2,1-2H3,(H,13,14). The molecule has 1 atom stereocenters. The number of aromatic nitrogens is 1. The highest BCUT2D eigenvalue weighted by molar-refractivity contribution is 7.88. The molecule has 0 saturated carbocycles. The highest BCUT2D eigenvalue weighted by atomic mass is 32.2. The number of carbonyl (C=O) groups is 1. The van der Waals surface area contributed by atoms with E-state index in [0.29, 0.717) is 5.76 Å². The van der Waals surface area contributed by atoms with Gasteiger partial charge in [0.2, 0.25) is 10.0 Å². The van der Waals surface area contributed by atoms with E-state index in [1.54, 1.807) is 6.92 Å². The number of hydrogen-bond donors (Lipinski definition) is 2. The van der Waals surface area contributed by atoms with E-state index in [1.807, 2.05) is 0 Å². The Morgan fingerprint density at radius 1 is 1.63 bits per heavy atom. The SMILES string of the molecule is COC(CNS(=O)(=O)Cc1cc(C)on1)CC(=O)O. The number of nitrogens with one attached hydrogen (secondary N) is 1. The van der Waals surface area contributed by atoms with Crippen molar-refractivity contribution >= 4 is 16.0 Å². The van der Waals surface area contributed by atoms with Gasteiger partial charge in [-0.3, -0.25) is 4.79 Å². The second-order valence-electron chi connectivity index (χ2n) is 3.99. The summed E-state index contributed by atoms with van der Waals surface area (Å²) in [5.41, 5.74) is 0.289. The fraction of sp³-hybridized carbons (Fsp3) is 0.600. The van der Waals surface area contributed by atoms with Gasteiger partial charge in [0.05, 0.1) is 12.5 Å². The van der Waals surface area contributed by atoms with Gasteiger partial charge in [-0.2, -0.15) is 0 Å². The van der Waals surface area contributed by atoms with Crippen molar-refractivity contribution in [1.29, 1.82) is 0 Å². The molecule has 19 heavy (non-hydrogen) atoms. The zero-order valence-corrected chi connectivity index (χ0v) is 11.4. The van der Waals surface area contributed by atoms with Gasteiger partial charge in [0.1, 0.15) is 17.2 Å². The fourth-order valence-corrected chi connectivity index (χ4v) is 2.45. The predicted octanol–water partition coefficient (Wildman–Crippen LogP) is -0.108. The molecule has 1 heterocycles. The lowest BCUT2D eigenvalue weighted by Gasteiger charge is -2.13. The van der Waals surface area contributed by atoms with Crippen molar-refractivity contribution in [3.05, 3.63) is 17.5 Å². The summed E-state index contributed by atoms with van der Waals surface area (Å²) in [6, 6.07) is 1.52. The van der Waals surface area contributed by atoms with Gasteiger partial charge in [0, 0.05) is 19.7 Å². The molecule has 0 saturated heterocycles. The van der Waals surface area contributed by atoms with Crippen LogP contribution in [0.4, 0.5) is 0 Å². The lowest BCUT2D eigenvalue weighted by molar-refractivity contribution is -0.139. The van der Waals surface area contributed by atoms with Gasteiger partial charge in [-0.1, -0.05) is 5.16 Å². The van der Waals surface area contributed by atoms with Crippen LogP contribution in [0.25, 0.3) is 0 Å². The van der Waals surface area contributed by atoms with Crippen LogP contribution in [0.2, 0.25) is 0 Å². The summed E-state index contributed by atoms with van der Waals surface area (Å²) in [6.45, 7) is 1.55. The van der Waals surface area contributed by atoms with Crippen LogP contribution in [-0.2, 0) is 25.3 Å². The maximum absolute atomic E-state index is 11.7. The molecule has 1 aromatic heterocycles. The number of ether oxygens (including phenoxy) is 1. The molecule has 1 unspecified atom stereocenters. The van der Waals surface area contributed by atoms with Crippen molar-refractivity contribution in [2.45, 2.75) is 25.2 Å². The number of aryl methyl sites for hydroxylation is 1. The minimum Gasteiger partial charge on any atom is -0.481 e. The Morgan fingerprint density at radius 2 is 2.32 bits per heavy atom. The van der Waals surface area contributed by atoms with Gasteiger partial charge in [-0.05, 0) is 6.92 Å². The number of hydrogen-bond acceptors (Lipinski definition) is 6. The Kier molecular flexibility index (Phi) is 5.45. The van der Waals surface area contributed by atoms with Crippen LogP contribution in [0.1, 0.15) is 17.9 Å². The fourth-order valence-electron chi connectivity index (χ4n) is 1.39. The van der Waals surface area contributed by atoms with Crippen molar-refractivity contribution < 1.29 is 27.6 Å². The second-order valence-corrected chi connectivity index (χ2v) is 5.80. The Balaban J connectivity index is 2.52. The molecule has 0 amide bonds. The first-order valence-corrected chi connectivity index (χ1v) is 7.11. The van der Waals surface area contributed by atoms with Crippen LogP contribution < -0.4 is 4.72 Å². The number of carboxylic acids is 1. The van der Waals surface area contributed by atoms with Gasteiger partial charge < -0.3 is 14.4 Å². The maximum Gasteiger partial charge on any atom is 0.306 e. The zero-order valence-electron chi connectivity index (χ0n) is 10.6. The Hall–Kier alpha value is -1.45. The number of aliphatic carboxylic acids is 1. The van der Waals surface area contributed by atoms with Crippen LogP contribution in [0.3, 0.4) is 0 Å². The monoisotopic (exact) mass is 292 g/mol. The molecule has 0 aromatic carbocycles. The number of rotatable bonds is 8. The molecule has 108 valence electrons. The van der Waals surface area contributed by atoms with Crippen LogP contribution in [0.5, 0.6) is 0 Å². The smallest absolute Gasteiger partial charge is 0.306 e. The molecule has 0 aliphatic heterocycles. The Morgan fingerprint density at radius 3 is 2.79 bits per heavy atom. The van der Waals surface area contributed by atoms with Crippen molar-refractivity contribution in [2.24, 2.45) is 0 Å². The highest BCUT2D eigenvalue weighted by Crippen LogP contribution is 2.06. The van der Waals surface area contributed by atoms with Crippen molar-refractivity contribution in [3.8, 4) is 0 Å². The summed E-state index contributed by atoms with van der Waals surface area (Å²) in [7, 11) is -2.29. The summed E-state index contributed by atoms with van der Waals surface area (Å²) in [6.07, 6.45) is -0.992. The van der Waals surface area contributed by atoms with Crippen LogP contribution in [-0.4, -0.2) is 44.4 Å². The lowest BCUT2D eigenvalue weighted by Crippen LogP contribution is -2.35. The summed E-state index contributed by atoms with van der Waals surface area (Å²) < 4.78 is 35.3. The molecule has 0 aliphatic rings. The van der Waals surface area contributed by atoms with Gasteiger partial charge in [0.25, 0.3) is 0 Å². The summed E-state index contributed by atoms with van der Waals surface area (Å²) >= 11 is 0. The van der Waals surface area contributed by atoms with Crippen LogP contribution in [0.15, 0.2) is 10.6 Å². The average Bonchev–Trinajstić information content (AvgIpc) is 2.68. The van der Waals surface area contributed by atoms with Gasteiger partial charge >= 0.3 is 5.97 Å². The number of sulfonamides is 1. The second kappa shape index (κ2) is 6.64. The lowest BCUT2D eigenvalue weighted by atomic mass is 10.2. The Bertz CT molecular complexity index is 524. The molecule has 0 bridgehead atoms. The first kappa shape index (κ1) is 15.6. The first-order valence-electron chi connectivity index (χ1n) is 5.46. The van der Waals surface area contributed by atoms with Crippen molar-refractivity contribution in [1.82, 2.24) is 9.88 Å². The van der Waals surface area contributed by atoms with Gasteiger partial charge in [-0.25, -0.2) is 13.1 Å². The third kappa shape index (κ3) is 5.81. The molecular formula is C10H16N2O6S. The van der Waals surface area contributed by atoms with E-state index in [0.717, 1.165) is 0 Å². The molecule has 0 aliphatic carbocycles. The summed E-state index contributed by atoms with van der Waals surface area (Å²) in [5.74, 6) is -0.863. The quantitative estimate of drug-likeness (QED) is 0.686. The molecule has 0 fully saturated rings. The largest absolute Gasteiger partial charge is 0.481 e. The summed E-state index contributed by atoms with van der Waals surface area (Å²) in [4.78, 5) is 10.5. The average molecular weight is 292 g/mol. The zero-order chi connectivity index (χ0) is 14.5. The third-order valence-corrected chi connectivity index (χ3v) is 3.56. The van der Waals surface area contributed by atoms with Crippen molar-refractivity contribution in [3.63, 3.8) is 0 Å².